The maximum Gasteiger partial charge on any atom is 0.122 e. The van der Waals surface area contributed by atoms with E-state index in [2.05, 4.69) is 48.0 Å². The zero-order valence-corrected chi connectivity index (χ0v) is 11.4. The molecule has 0 aliphatic heterocycles. The van der Waals surface area contributed by atoms with E-state index in [4.69, 9.17) is 11.1 Å². The van der Waals surface area contributed by atoms with E-state index in [1.165, 1.54) is 11.1 Å². The van der Waals surface area contributed by atoms with Crippen LogP contribution in [0.5, 0.6) is 0 Å². The van der Waals surface area contributed by atoms with Crippen LogP contribution in [-0.2, 0) is 6.54 Å². The van der Waals surface area contributed by atoms with Crippen LogP contribution in [0.25, 0.3) is 10.9 Å². The molecule has 2 aromatic carbocycles. The summed E-state index contributed by atoms with van der Waals surface area (Å²) in [6.07, 6.45) is 2.08. The maximum atomic E-state index is 7.49. The number of hydrogen-bond donors (Lipinski definition) is 2. The highest BCUT2D eigenvalue weighted by atomic mass is 14.9. The molecule has 0 saturated heterocycles. The molecule has 0 atom stereocenters. The van der Waals surface area contributed by atoms with Crippen molar-refractivity contribution in [1.29, 1.82) is 5.41 Å². The Morgan fingerprint density at radius 1 is 1.10 bits per heavy atom. The van der Waals surface area contributed by atoms with Crippen molar-refractivity contribution in [3.05, 3.63) is 71.4 Å². The predicted molar refractivity (Wildman–Crippen MR) is 83.2 cm³/mol. The number of fused-ring (bicyclic) bond motifs is 1. The second-order valence-electron chi connectivity index (χ2n) is 5.12. The largest absolute Gasteiger partial charge is 0.384 e. The Balaban J connectivity index is 1.96. The summed E-state index contributed by atoms with van der Waals surface area (Å²) in [5, 5.41) is 8.60. The molecule has 0 radical (unpaired) electrons. The minimum absolute atomic E-state index is 0.109. The van der Waals surface area contributed by atoms with Crippen molar-refractivity contribution >= 4 is 16.7 Å². The average Bonchev–Trinajstić information content (AvgIpc) is 2.84. The SMILES string of the molecule is Cc1ccc(Cn2ccc3cc(C(=N)N)ccc32)cc1. The number of aromatic nitrogens is 1. The Labute approximate surface area is 118 Å². The van der Waals surface area contributed by atoms with Crippen molar-refractivity contribution in [2.75, 3.05) is 0 Å². The van der Waals surface area contributed by atoms with E-state index < -0.39 is 0 Å². The van der Waals surface area contributed by atoms with Crippen LogP contribution in [0, 0.1) is 12.3 Å². The van der Waals surface area contributed by atoms with Gasteiger partial charge in [0.25, 0.3) is 0 Å². The van der Waals surface area contributed by atoms with Crippen molar-refractivity contribution in [3.8, 4) is 0 Å². The lowest BCUT2D eigenvalue weighted by molar-refractivity contribution is 0.836. The summed E-state index contributed by atoms with van der Waals surface area (Å²) in [5.41, 5.74) is 10.0. The number of nitrogen functional groups attached to an aromatic ring is 1. The Hall–Kier alpha value is -2.55. The number of amidine groups is 1. The number of nitrogens with one attached hydrogen (secondary N) is 1. The minimum atomic E-state index is 0.109. The zero-order chi connectivity index (χ0) is 14.1. The highest BCUT2D eigenvalue weighted by molar-refractivity contribution is 5.98. The molecule has 0 aliphatic rings. The Kier molecular flexibility index (Phi) is 3.03. The van der Waals surface area contributed by atoms with Crippen LogP contribution in [0.3, 0.4) is 0 Å². The van der Waals surface area contributed by atoms with Crippen LogP contribution in [-0.4, -0.2) is 10.4 Å². The van der Waals surface area contributed by atoms with E-state index in [0.717, 1.165) is 23.0 Å². The topological polar surface area (TPSA) is 54.8 Å². The monoisotopic (exact) mass is 263 g/mol. The molecule has 1 heterocycles. The third-order valence-corrected chi connectivity index (χ3v) is 3.56. The van der Waals surface area contributed by atoms with Crippen LogP contribution < -0.4 is 5.73 Å². The number of nitrogens with two attached hydrogens (primary N) is 1. The first kappa shape index (κ1) is 12.5. The van der Waals surface area contributed by atoms with Crippen molar-refractivity contribution in [2.45, 2.75) is 13.5 Å². The highest BCUT2D eigenvalue weighted by Crippen LogP contribution is 2.19. The molecule has 100 valence electrons. The Bertz CT molecular complexity index is 767. The first-order valence-electron chi connectivity index (χ1n) is 6.62. The normalized spacial score (nSPS) is 10.8. The van der Waals surface area contributed by atoms with Crippen LogP contribution >= 0.6 is 0 Å². The highest BCUT2D eigenvalue weighted by Gasteiger charge is 2.04. The van der Waals surface area contributed by atoms with Crippen molar-refractivity contribution in [1.82, 2.24) is 4.57 Å². The number of hydrogen-bond acceptors (Lipinski definition) is 1. The third kappa shape index (κ3) is 2.30. The van der Waals surface area contributed by atoms with E-state index in [9.17, 15) is 0 Å². The van der Waals surface area contributed by atoms with Crippen molar-refractivity contribution in [3.63, 3.8) is 0 Å². The van der Waals surface area contributed by atoms with E-state index in [0.29, 0.717) is 0 Å². The second-order valence-corrected chi connectivity index (χ2v) is 5.12. The maximum absolute atomic E-state index is 7.49. The van der Waals surface area contributed by atoms with Gasteiger partial charge in [-0.05, 0) is 36.8 Å². The van der Waals surface area contributed by atoms with Gasteiger partial charge in [-0.2, -0.15) is 0 Å². The van der Waals surface area contributed by atoms with Crippen LogP contribution in [0.15, 0.2) is 54.7 Å². The molecular weight excluding hydrogens is 246 g/mol. The van der Waals surface area contributed by atoms with Gasteiger partial charge < -0.3 is 10.3 Å². The van der Waals surface area contributed by atoms with Gasteiger partial charge in [0.2, 0.25) is 0 Å². The van der Waals surface area contributed by atoms with Gasteiger partial charge in [-0.25, -0.2) is 0 Å². The quantitative estimate of drug-likeness (QED) is 0.553. The smallest absolute Gasteiger partial charge is 0.122 e. The van der Waals surface area contributed by atoms with Gasteiger partial charge in [-0.15, -0.1) is 0 Å². The lowest BCUT2D eigenvalue weighted by Gasteiger charge is -2.07. The van der Waals surface area contributed by atoms with Gasteiger partial charge >= 0.3 is 0 Å². The summed E-state index contributed by atoms with van der Waals surface area (Å²) in [7, 11) is 0. The second kappa shape index (κ2) is 4.85. The summed E-state index contributed by atoms with van der Waals surface area (Å²) in [4.78, 5) is 0. The summed E-state index contributed by atoms with van der Waals surface area (Å²) in [5.74, 6) is 0.109. The summed E-state index contributed by atoms with van der Waals surface area (Å²) < 4.78 is 2.21. The number of benzene rings is 2. The van der Waals surface area contributed by atoms with Crippen molar-refractivity contribution in [2.24, 2.45) is 5.73 Å². The fraction of sp³-hybridized carbons (Fsp3) is 0.118. The molecule has 3 nitrogen and oxygen atoms in total. The first-order chi connectivity index (χ1) is 9.63. The van der Waals surface area contributed by atoms with Crippen LogP contribution in [0.2, 0.25) is 0 Å². The molecule has 3 N–H and O–H groups in total. The molecule has 0 amide bonds. The van der Waals surface area contributed by atoms with Gasteiger partial charge in [0.1, 0.15) is 5.84 Å². The van der Waals surface area contributed by atoms with Crippen LogP contribution in [0.1, 0.15) is 16.7 Å². The van der Waals surface area contributed by atoms with Gasteiger partial charge in [-0.1, -0.05) is 29.8 Å². The molecule has 3 rings (SSSR count). The Morgan fingerprint density at radius 2 is 1.85 bits per heavy atom. The molecule has 1 aromatic heterocycles. The molecule has 3 aromatic rings. The molecular formula is C17H17N3. The molecule has 0 saturated carbocycles. The molecule has 0 spiro atoms. The molecule has 0 fully saturated rings. The summed E-state index contributed by atoms with van der Waals surface area (Å²) in [6.45, 7) is 2.95. The van der Waals surface area contributed by atoms with E-state index in [-0.39, 0.29) is 5.84 Å². The van der Waals surface area contributed by atoms with E-state index >= 15 is 0 Å². The number of nitrogens with zero attached hydrogens (tertiary/aromatic N) is 1. The fourth-order valence-corrected chi connectivity index (χ4v) is 2.40. The molecule has 0 bridgehead atoms. The van der Waals surface area contributed by atoms with Gasteiger partial charge in [-0.3, -0.25) is 5.41 Å². The average molecular weight is 263 g/mol. The standard InChI is InChI=1S/C17H17N3/c1-12-2-4-13(5-3-12)11-20-9-8-14-10-15(17(18)19)6-7-16(14)20/h2-10H,11H2,1H3,(H3,18,19). The summed E-state index contributed by atoms with van der Waals surface area (Å²) in [6, 6.07) is 16.5. The third-order valence-electron chi connectivity index (χ3n) is 3.56. The fourth-order valence-electron chi connectivity index (χ4n) is 2.40. The van der Waals surface area contributed by atoms with Gasteiger partial charge in [0.15, 0.2) is 0 Å². The summed E-state index contributed by atoms with van der Waals surface area (Å²) >= 11 is 0. The predicted octanol–water partition coefficient (Wildman–Crippen LogP) is 3.28. The first-order valence-corrected chi connectivity index (χ1v) is 6.62. The molecule has 3 heteroatoms. The zero-order valence-electron chi connectivity index (χ0n) is 11.4. The number of rotatable bonds is 3. The van der Waals surface area contributed by atoms with E-state index in [1.807, 2.05) is 18.2 Å². The van der Waals surface area contributed by atoms with Crippen molar-refractivity contribution < 1.29 is 0 Å². The minimum Gasteiger partial charge on any atom is -0.384 e. The Morgan fingerprint density at radius 3 is 2.55 bits per heavy atom. The van der Waals surface area contributed by atoms with Gasteiger partial charge in [0.05, 0.1) is 0 Å². The molecule has 20 heavy (non-hydrogen) atoms. The van der Waals surface area contributed by atoms with E-state index in [1.54, 1.807) is 0 Å². The van der Waals surface area contributed by atoms with Crippen LogP contribution in [0.4, 0.5) is 0 Å². The molecule has 0 aliphatic carbocycles. The lowest BCUT2D eigenvalue weighted by Crippen LogP contribution is -2.10. The molecule has 0 unspecified atom stereocenters. The lowest BCUT2D eigenvalue weighted by atomic mass is 10.1. The number of aryl methyl sites for hydroxylation is 1. The van der Waals surface area contributed by atoms with Gasteiger partial charge in [0, 0.05) is 29.2 Å².